The van der Waals surface area contributed by atoms with Gasteiger partial charge in [-0.25, -0.2) is 0 Å². The van der Waals surface area contributed by atoms with Gasteiger partial charge in [-0.2, -0.15) is 0 Å². The molecule has 1 N–H and O–H groups in total. The monoisotopic (exact) mass is 411 g/mol. The van der Waals surface area contributed by atoms with Crippen molar-refractivity contribution in [2.75, 3.05) is 16.3 Å². The molecule has 1 unspecified atom stereocenters. The largest absolute Gasteiger partial charge is 0.341 e. The molecule has 6 nitrogen and oxygen atoms in total. The lowest BCUT2D eigenvalue weighted by atomic mass is 9.98. The zero-order valence-electron chi connectivity index (χ0n) is 16.9. The van der Waals surface area contributed by atoms with Gasteiger partial charge in [0.2, 0.25) is 11.8 Å². The van der Waals surface area contributed by atoms with Crippen molar-refractivity contribution in [2.45, 2.75) is 31.7 Å². The van der Waals surface area contributed by atoms with E-state index in [-0.39, 0.29) is 18.2 Å². The Hall–Kier alpha value is -3.67. The van der Waals surface area contributed by atoms with Crippen LogP contribution in [0.5, 0.6) is 0 Å². The van der Waals surface area contributed by atoms with Gasteiger partial charge < -0.3 is 4.90 Å². The van der Waals surface area contributed by atoms with Crippen molar-refractivity contribution in [2.24, 2.45) is 0 Å². The van der Waals surface area contributed by atoms with Gasteiger partial charge in [0.1, 0.15) is 6.04 Å². The normalized spacial score (nSPS) is 20.3. The Morgan fingerprint density at radius 2 is 1.68 bits per heavy atom. The Kier molecular flexibility index (Phi) is 3.90. The van der Waals surface area contributed by atoms with Gasteiger partial charge >= 0.3 is 0 Å². The number of rotatable bonds is 2. The van der Waals surface area contributed by atoms with Crippen molar-refractivity contribution in [3.63, 3.8) is 0 Å². The van der Waals surface area contributed by atoms with Gasteiger partial charge in [-0.15, -0.1) is 0 Å². The summed E-state index contributed by atoms with van der Waals surface area (Å²) < 4.78 is 0. The average Bonchev–Trinajstić information content (AvgIpc) is 3.07. The standard InChI is InChI=1S/C25H21N3O3/c29-22-13-12-21(24(30)26-22)28-20-9-3-7-16-19(11-10-17(23(16)20)25(28)31)27-14-4-6-15-5-1-2-8-18(15)27/h1-3,5,7-11,21H,4,6,12-14H2,(H,26,29,30). The Morgan fingerprint density at radius 3 is 2.55 bits per heavy atom. The fourth-order valence-electron chi connectivity index (χ4n) is 5.25. The number of fused-ring (bicyclic) bond motifs is 1. The summed E-state index contributed by atoms with van der Waals surface area (Å²) in [4.78, 5) is 41.4. The Bertz CT molecular complexity index is 1280. The van der Waals surface area contributed by atoms with Crippen LogP contribution in [0.3, 0.4) is 0 Å². The molecule has 154 valence electrons. The highest BCUT2D eigenvalue weighted by atomic mass is 16.2. The molecule has 1 atom stereocenters. The lowest BCUT2D eigenvalue weighted by Gasteiger charge is -2.32. The molecule has 31 heavy (non-hydrogen) atoms. The topological polar surface area (TPSA) is 69.7 Å². The SMILES string of the molecule is O=C1CCC(N2C(=O)c3ccc(N4CCCc5ccccc54)c4cccc2c34)C(=O)N1. The smallest absolute Gasteiger partial charge is 0.259 e. The Morgan fingerprint density at radius 1 is 0.839 bits per heavy atom. The summed E-state index contributed by atoms with van der Waals surface area (Å²) in [5.74, 6) is -0.861. The van der Waals surface area contributed by atoms with Gasteiger partial charge in [0.05, 0.1) is 11.3 Å². The van der Waals surface area contributed by atoms with Crippen LogP contribution in [0.15, 0.2) is 54.6 Å². The zero-order valence-corrected chi connectivity index (χ0v) is 16.9. The second-order valence-electron chi connectivity index (χ2n) is 8.36. The number of hydrogen-bond donors (Lipinski definition) is 1. The highest BCUT2D eigenvalue weighted by Crippen LogP contribution is 2.45. The molecule has 0 saturated carbocycles. The summed E-state index contributed by atoms with van der Waals surface area (Å²) in [5.41, 5.74) is 4.98. The van der Waals surface area contributed by atoms with E-state index < -0.39 is 11.9 Å². The predicted molar refractivity (Wildman–Crippen MR) is 119 cm³/mol. The highest BCUT2D eigenvalue weighted by molar-refractivity contribution is 6.28. The summed E-state index contributed by atoms with van der Waals surface area (Å²) in [6, 6.07) is 17.6. The molecule has 3 aromatic carbocycles. The first kappa shape index (κ1) is 18.1. The number of para-hydroxylation sites is 1. The molecular formula is C25H21N3O3. The van der Waals surface area contributed by atoms with E-state index in [1.54, 1.807) is 4.90 Å². The number of nitrogens with zero attached hydrogens (tertiary/aromatic N) is 2. The molecule has 3 aliphatic rings. The van der Waals surface area contributed by atoms with E-state index in [4.69, 9.17) is 0 Å². The number of imide groups is 1. The molecule has 0 spiro atoms. The number of carbonyl (C=O) groups is 3. The van der Waals surface area contributed by atoms with Gasteiger partial charge in [0, 0.05) is 35.1 Å². The summed E-state index contributed by atoms with van der Waals surface area (Å²) in [7, 11) is 0. The summed E-state index contributed by atoms with van der Waals surface area (Å²) >= 11 is 0. The number of nitrogens with one attached hydrogen (secondary N) is 1. The number of benzene rings is 3. The Labute approximate surface area is 179 Å². The Balaban J connectivity index is 1.50. The summed E-state index contributed by atoms with van der Waals surface area (Å²) in [6.45, 7) is 0.917. The van der Waals surface area contributed by atoms with Crippen LogP contribution in [-0.2, 0) is 16.0 Å². The molecule has 0 aliphatic carbocycles. The lowest BCUT2D eigenvalue weighted by molar-refractivity contribution is -0.134. The van der Waals surface area contributed by atoms with Crippen LogP contribution in [0.2, 0.25) is 0 Å². The number of carbonyl (C=O) groups excluding carboxylic acids is 3. The molecule has 3 aliphatic heterocycles. The highest BCUT2D eigenvalue weighted by Gasteiger charge is 2.41. The van der Waals surface area contributed by atoms with E-state index in [1.807, 2.05) is 24.3 Å². The number of hydrogen-bond acceptors (Lipinski definition) is 4. The van der Waals surface area contributed by atoms with Gasteiger partial charge in [0.15, 0.2) is 0 Å². The van der Waals surface area contributed by atoms with Crippen molar-refractivity contribution in [1.29, 1.82) is 0 Å². The third kappa shape index (κ3) is 2.61. The maximum Gasteiger partial charge on any atom is 0.259 e. The first-order chi connectivity index (χ1) is 15.1. The summed E-state index contributed by atoms with van der Waals surface area (Å²) in [6.07, 6.45) is 2.71. The molecule has 0 aromatic heterocycles. The molecule has 6 rings (SSSR count). The third-order valence-electron chi connectivity index (χ3n) is 6.63. The van der Waals surface area contributed by atoms with Crippen LogP contribution in [0, 0.1) is 0 Å². The van der Waals surface area contributed by atoms with Crippen LogP contribution < -0.4 is 15.1 Å². The van der Waals surface area contributed by atoms with E-state index in [1.165, 1.54) is 11.3 Å². The van der Waals surface area contributed by atoms with Crippen molar-refractivity contribution in [3.05, 3.63) is 65.7 Å². The lowest BCUT2D eigenvalue weighted by Crippen LogP contribution is -2.53. The maximum atomic E-state index is 13.3. The van der Waals surface area contributed by atoms with Gasteiger partial charge in [-0.3, -0.25) is 24.6 Å². The molecule has 3 heterocycles. The van der Waals surface area contributed by atoms with Crippen LogP contribution in [0.4, 0.5) is 17.1 Å². The van der Waals surface area contributed by atoms with E-state index in [0.717, 1.165) is 41.5 Å². The number of amides is 3. The van der Waals surface area contributed by atoms with Crippen LogP contribution in [0.1, 0.15) is 35.2 Å². The molecule has 0 bridgehead atoms. The fourth-order valence-corrected chi connectivity index (χ4v) is 5.25. The van der Waals surface area contributed by atoms with Crippen LogP contribution >= 0.6 is 0 Å². The van der Waals surface area contributed by atoms with Crippen LogP contribution in [-0.4, -0.2) is 30.3 Å². The number of piperidine rings is 1. The molecule has 1 saturated heterocycles. The fraction of sp³-hybridized carbons (Fsp3) is 0.240. The molecule has 3 amide bonds. The number of aryl methyl sites for hydroxylation is 1. The minimum atomic E-state index is -0.664. The number of anilines is 3. The molecule has 6 heteroatoms. The van der Waals surface area contributed by atoms with Crippen molar-refractivity contribution in [3.8, 4) is 0 Å². The molecule has 0 radical (unpaired) electrons. The van der Waals surface area contributed by atoms with Crippen molar-refractivity contribution < 1.29 is 14.4 Å². The third-order valence-corrected chi connectivity index (χ3v) is 6.63. The minimum absolute atomic E-state index is 0.175. The van der Waals surface area contributed by atoms with Crippen LogP contribution in [0.25, 0.3) is 10.8 Å². The average molecular weight is 411 g/mol. The van der Waals surface area contributed by atoms with Crippen molar-refractivity contribution >= 4 is 45.6 Å². The van der Waals surface area contributed by atoms with Gasteiger partial charge in [0.25, 0.3) is 5.91 Å². The quantitative estimate of drug-likeness (QED) is 0.653. The van der Waals surface area contributed by atoms with E-state index >= 15 is 0 Å². The van der Waals surface area contributed by atoms with Gasteiger partial charge in [-0.1, -0.05) is 30.3 Å². The van der Waals surface area contributed by atoms with E-state index in [2.05, 4.69) is 40.5 Å². The maximum absolute atomic E-state index is 13.3. The predicted octanol–water partition coefficient (Wildman–Crippen LogP) is 3.69. The molecular weight excluding hydrogens is 390 g/mol. The summed E-state index contributed by atoms with van der Waals surface area (Å²) in [5, 5.41) is 4.28. The minimum Gasteiger partial charge on any atom is -0.341 e. The molecule has 3 aromatic rings. The molecule has 1 fully saturated rings. The first-order valence-electron chi connectivity index (χ1n) is 10.7. The van der Waals surface area contributed by atoms with E-state index in [0.29, 0.717) is 12.0 Å². The van der Waals surface area contributed by atoms with E-state index in [9.17, 15) is 14.4 Å². The second-order valence-corrected chi connectivity index (χ2v) is 8.36. The first-order valence-corrected chi connectivity index (χ1v) is 10.7. The zero-order chi connectivity index (χ0) is 21.1. The second kappa shape index (κ2) is 6.67. The van der Waals surface area contributed by atoms with Gasteiger partial charge in [-0.05, 0) is 49.1 Å². The van der Waals surface area contributed by atoms with Crippen molar-refractivity contribution in [1.82, 2.24) is 5.32 Å².